The molecule has 58 valence electrons. The Bertz CT molecular complexity index is 273. The summed E-state index contributed by atoms with van der Waals surface area (Å²) in [6.45, 7) is 0. The molecule has 2 heteroatoms. The second-order valence-corrected chi connectivity index (χ2v) is 3.92. The molecule has 0 unspecified atom stereocenters. The molecule has 11 heavy (non-hydrogen) atoms. The minimum absolute atomic E-state index is 0.330. The molecule has 0 amide bonds. The number of hydrogen-bond acceptors (Lipinski definition) is 1. The van der Waals surface area contributed by atoms with Crippen LogP contribution < -0.4 is 0 Å². The molecule has 1 fully saturated rings. The first-order chi connectivity index (χ1) is 5.29. The third-order valence-electron chi connectivity index (χ3n) is 2.27. The largest absolute Gasteiger partial charge is 0.294 e. The van der Waals surface area contributed by atoms with Gasteiger partial charge in [-0.2, -0.15) is 0 Å². The van der Waals surface area contributed by atoms with Crippen LogP contribution in [0.1, 0.15) is 25.7 Å². The summed E-state index contributed by atoms with van der Waals surface area (Å²) in [5.41, 5.74) is 2.25. The van der Waals surface area contributed by atoms with Gasteiger partial charge in [0.25, 0.3) is 0 Å². The molecule has 0 spiro atoms. The molecule has 0 aromatic carbocycles. The highest BCUT2D eigenvalue weighted by Crippen LogP contribution is 2.37. The van der Waals surface area contributed by atoms with Crippen LogP contribution in [0, 0.1) is 0 Å². The SMILES string of the molecule is O=C1CCC2=C(Br)CCC=C12. The highest BCUT2D eigenvalue weighted by molar-refractivity contribution is 9.11. The maximum Gasteiger partial charge on any atom is 0.163 e. The van der Waals surface area contributed by atoms with Crippen molar-refractivity contribution in [3.8, 4) is 0 Å². The third kappa shape index (κ3) is 1.09. The molecule has 0 heterocycles. The van der Waals surface area contributed by atoms with E-state index in [9.17, 15) is 4.79 Å². The van der Waals surface area contributed by atoms with Gasteiger partial charge in [-0.1, -0.05) is 22.0 Å². The Hall–Kier alpha value is -0.370. The molecule has 1 nitrogen and oxygen atoms in total. The zero-order chi connectivity index (χ0) is 7.84. The topological polar surface area (TPSA) is 17.1 Å². The van der Waals surface area contributed by atoms with Gasteiger partial charge in [0.05, 0.1) is 0 Å². The average Bonchev–Trinajstić information content (AvgIpc) is 2.35. The number of hydrogen-bond donors (Lipinski definition) is 0. The standard InChI is InChI=1S/C9H9BrO/c10-8-3-1-2-7-6(8)4-5-9(7)11/h2H,1,3-5H2. The lowest BCUT2D eigenvalue weighted by molar-refractivity contribution is -0.114. The molecule has 0 atom stereocenters. The fraction of sp³-hybridized carbons (Fsp3) is 0.444. The third-order valence-corrected chi connectivity index (χ3v) is 3.14. The van der Waals surface area contributed by atoms with Crippen LogP contribution in [0.15, 0.2) is 21.7 Å². The number of rotatable bonds is 0. The minimum Gasteiger partial charge on any atom is -0.294 e. The van der Waals surface area contributed by atoms with Crippen molar-refractivity contribution in [2.75, 3.05) is 0 Å². The van der Waals surface area contributed by atoms with E-state index in [0.29, 0.717) is 5.78 Å². The summed E-state index contributed by atoms with van der Waals surface area (Å²) in [5.74, 6) is 0.330. The van der Waals surface area contributed by atoms with E-state index in [-0.39, 0.29) is 0 Å². The Morgan fingerprint density at radius 1 is 1.27 bits per heavy atom. The lowest BCUT2D eigenvalue weighted by Gasteiger charge is -2.09. The molecule has 0 aromatic rings. The number of allylic oxidation sites excluding steroid dienone is 4. The molecule has 0 N–H and O–H groups in total. The molecule has 0 aromatic heterocycles. The van der Waals surface area contributed by atoms with Crippen LogP contribution in [0.4, 0.5) is 0 Å². The van der Waals surface area contributed by atoms with Gasteiger partial charge >= 0.3 is 0 Å². The average molecular weight is 213 g/mol. The van der Waals surface area contributed by atoms with E-state index in [0.717, 1.165) is 31.3 Å². The zero-order valence-electron chi connectivity index (χ0n) is 6.19. The van der Waals surface area contributed by atoms with E-state index >= 15 is 0 Å². The summed E-state index contributed by atoms with van der Waals surface area (Å²) in [6.07, 6.45) is 5.84. The Morgan fingerprint density at radius 3 is 2.82 bits per heavy atom. The predicted octanol–water partition coefficient (Wildman–Crippen LogP) is 2.72. The monoisotopic (exact) mass is 212 g/mol. The first kappa shape index (κ1) is 7.29. The van der Waals surface area contributed by atoms with E-state index in [1.54, 1.807) is 0 Å². The van der Waals surface area contributed by atoms with Crippen molar-refractivity contribution in [3.63, 3.8) is 0 Å². The molecule has 1 saturated carbocycles. The van der Waals surface area contributed by atoms with Crippen LogP contribution in [0.5, 0.6) is 0 Å². The van der Waals surface area contributed by atoms with Gasteiger partial charge < -0.3 is 0 Å². The summed E-state index contributed by atoms with van der Waals surface area (Å²) in [6, 6.07) is 0. The summed E-state index contributed by atoms with van der Waals surface area (Å²) in [4.78, 5) is 11.2. The molecule has 0 radical (unpaired) electrons. The van der Waals surface area contributed by atoms with Gasteiger partial charge in [-0.05, 0) is 29.3 Å². The van der Waals surface area contributed by atoms with E-state index in [1.807, 2.05) is 0 Å². The van der Waals surface area contributed by atoms with Gasteiger partial charge in [0.1, 0.15) is 0 Å². The quantitative estimate of drug-likeness (QED) is 0.604. The summed E-state index contributed by atoms with van der Waals surface area (Å²) < 4.78 is 1.25. The van der Waals surface area contributed by atoms with Gasteiger partial charge in [0.15, 0.2) is 5.78 Å². The van der Waals surface area contributed by atoms with E-state index in [4.69, 9.17) is 0 Å². The summed E-state index contributed by atoms with van der Waals surface area (Å²) in [5, 5.41) is 0. The maximum atomic E-state index is 11.2. The van der Waals surface area contributed by atoms with Crippen molar-refractivity contribution < 1.29 is 4.79 Å². The zero-order valence-corrected chi connectivity index (χ0v) is 7.78. The van der Waals surface area contributed by atoms with Crippen LogP contribution in [-0.4, -0.2) is 5.78 Å². The number of carbonyl (C=O) groups is 1. The van der Waals surface area contributed by atoms with Gasteiger partial charge in [0, 0.05) is 12.0 Å². The van der Waals surface area contributed by atoms with Crippen LogP contribution >= 0.6 is 15.9 Å². The van der Waals surface area contributed by atoms with Crippen LogP contribution in [0.3, 0.4) is 0 Å². The van der Waals surface area contributed by atoms with Crippen LogP contribution in [0.2, 0.25) is 0 Å². The highest BCUT2D eigenvalue weighted by Gasteiger charge is 2.26. The predicted molar refractivity (Wildman–Crippen MR) is 47.5 cm³/mol. The number of Topliss-reactive ketones (excluding diaryl/α,β-unsaturated/α-hetero) is 1. The highest BCUT2D eigenvalue weighted by atomic mass is 79.9. The van der Waals surface area contributed by atoms with Crippen molar-refractivity contribution in [2.45, 2.75) is 25.7 Å². The van der Waals surface area contributed by atoms with Crippen molar-refractivity contribution in [1.82, 2.24) is 0 Å². The van der Waals surface area contributed by atoms with Gasteiger partial charge in [-0.15, -0.1) is 0 Å². The molecule has 2 aliphatic rings. The maximum absolute atomic E-state index is 11.2. The Morgan fingerprint density at radius 2 is 2.09 bits per heavy atom. The van der Waals surface area contributed by atoms with Crippen LogP contribution in [0.25, 0.3) is 0 Å². The first-order valence-electron chi connectivity index (χ1n) is 3.90. The second kappa shape index (κ2) is 2.59. The van der Waals surface area contributed by atoms with Gasteiger partial charge in [-0.3, -0.25) is 4.79 Å². The molecule has 2 aliphatic carbocycles. The number of fused-ring (bicyclic) bond motifs is 1. The van der Waals surface area contributed by atoms with Crippen LogP contribution in [-0.2, 0) is 4.79 Å². The van der Waals surface area contributed by atoms with Crippen molar-refractivity contribution >= 4 is 21.7 Å². The smallest absolute Gasteiger partial charge is 0.163 e. The number of halogens is 1. The number of carbonyl (C=O) groups excluding carboxylic acids is 1. The van der Waals surface area contributed by atoms with Crippen molar-refractivity contribution in [3.05, 3.63) is 21.7 Å². The lowest BCUT2D eigenvalue weighted by atomic mass is 10.0. The number of ketones is 1. The fourth-order valence-corrected chi connectivity index (χ4v) is 2.33. The molecular formula is C9H9BrO. The van der Waals surface area contributed by atoms with E-state index in [1.165, 1.54) is 10.1 Å². The Labute approximate surface area is 74.3 Å². The molecule has 2 rings (SSSR count). The minimum atomic E-state index is 0.330. The van der Waals surface area contributed by atoms with Gasteiger partial charge in [-0.25, -0.2) is 0 Å². The molecule has 0 saturated heterocycles. The van der Waals surface area contributed by atoms with E-state index < -0.39 is 0 Å². The van der Waals surface area contributed by atoms with Crippen molar-refractivity contribution in [1.29, 1.82) is 0 Å². The molecule has 0 aliphatic heterocycles. The Kier molecular flexibility index (Phi) is 1.72. The first-order valence-corrected chi connectivity index (χ1v) is 4.69. The lowest BCUT2D eigenvalue weighted by Crippen LogP contribution is -1.97. The normalized spacial score (nSPS) is 23.7. The second-order valence-electron chi connectivity index (χ2n) is 2.96. The van der Waals surface area contributed by atoms with Gasteiger partial charge in [0.2, 0.25) is 0 Å². The van der Waals surface area contributed by atoms with E-state index in [2.05, 4.69) is 22.0 Å². The summed E-state index contributed by atoms with van der Waals surface area (Å²) in [7, 11) is 0. The molecular weight excluding hydrogens is 204 g/mol. The van der Waals surface area contributed by atoms with Crippen molar-refractivity contribution in [2.24, 2.45) is 0 Å². The molecule has 0 bridgehead atoms. The fourth-order valence-electron chi connectivity index (χ4n) is 1.69. The summed E-state index contributed by atoms with van der Waals surface area (Å²) >= 11 is 3.51. The Balaban J connectivity index is 2.46.